The highest BCUT2D eigenvalue weighted by atomic mass is 35.5. The summed E-state index contributed by atoms with van der Waals surface area (Å²) < 4.78 is 5.10. The van der Waals surface area contributed by atoms with Gasteiger partial charge in [0.05, 0.1) is 12.7 Å². The SMILES string of the molecule is COCCN1CCN(C[C@H](O)c2ccccc2Cl)CC1. The molecule has 1 N–H and O–H groups in total. The molecule has 112 valence electrons. The van der Waals surface area contributed by atoms with Crippen LogP contribution in [0.25, 0.3) is 0 Å². The summed E-state index contributed by atoms with van der Waals surface area (Å²) in [6.07, 6.45) is -0.519. The van der Waals surface area contributed by atoms with Crippen molar-refractivity contribution in [3.05, 3.63) is 34.9 Å². The van der Waals surface area contributed by atoms with Gasteiger partial charge in [0, 0.05) is 57.0 Å². The number of hydrogen-bond acceptors (Lipinski definition) is 4. The van der Waals surface area contributed by atoms with E-state index in [9.17, 15) is 5.11 Å². The van der Waals surface area contributed by atoms with Gasteiger partial charge in [0.25, 0.3) is 0 Å². The predicted octanol–water partition coefficient (Wildman–Crippen LogP) is 1.64. The maximum atomic E-state index is 10.3. The molecule has 1 aromatic rings. The van der Waals surface area contributed by atoms with E-state index in [1.165, 1.54) is 0 Å². The number of ether oxygens (including phenoxy) is 1. The highest BCUT2D eigenvalue weighted by molar-refractivity contribution is 6.31. The van der Waals surface area contributed by atoms with Crippen LogP contribution in [0.3, 0.4) is 0 Å². The Balaban J connectivity index is 1.79. The van der Waals surface area contributed by atoms with E-state index in [4.69, 9.17) is 16.3 Å². The maximum absolute atomic E-state index is 10.3. The topological polar surface area (TPSA) is 35.9 Å². The van der Waals surface area contributed by atoms with Crippen molar-refractivity contribution in [2.75, 3.05) is 53.0 Å². The summed E-state index contributed by atoms with van der Waals surface area (Å²) in [5.74, 6) is 0. The van der Waals surface area contributed by atoms with E-state index in [0.717, 1.165) is 44.9 Å². The van der Waals surface area contributed by atoms with Crippen LogP contribution in [0, 0.1) is 0 Å². The van der Waals surface area contributed by atoms with Gasteiger partial charge in [0.15, 0.2) is 0 Å². The molecular weight excluding hydrogens is 276 g/mol. The van der Waals surface area contributed by atoms with Crippen LogP contribution in [0.1, 0.15) is 11.7 Å². The van der Waals surface area contributed by atoms with E-state index in [-0.39, 0.29) is 0 Å². The van der Waals surface area contributed by atoms with E-state index in [1.807, 2.05) is 24.3 Å². The number of aliphatic hydroxyl groups excluding tert-OH is 1. The molecule has 2 rings (SSSR count). The van der Waals surface area contributed by atoms with E-state index in [0.29, 0.717) is 11.6 Å². The Morgan fingerprint density at radius 2 is 1.85 bits per heavy atom. The number of rotatable bonds is 6. The lowest BCUT2D eigenvalue weighted by atomic mass is 10.1. The van der Waals surface area contributed by atoms with Crippen LogP contribution < -0.4 is 0 Å². The van der Waals surface area contributed by atoms with E-state index >= 15 is 0 Å². The number of nitrogens with zero attached hydrogens (tertiary/aromatic N) is 2. The standard InChI is InChI=1S/C15H23ClN2O2/c1-20-11-10-17-6-8-18(9-7-17)12-15(19)13-4-2-3-5-14(13)16/h2-5,15,19H,6-12H2,1H3/t15-/m0/s1. The zero-order chi connectivity index (χ0) is 14.4. The molecule has 0 aromatic heterocycles. The molecule has 5 heteroatoms. The monoisotopic (exact) mass is 298 g/mol. The van der Waals surface area contributed by atoms with Crippen molar-refractivity contribution in [2.45, 2.75) is 6.10 Å². The molecule has 0 amide bonds. The smallest absolute Gasteiger partial charge is 0.0931 e. The van der Waals surface area contributed by atoms with E-state index in [2.05, 4.69) is 9.80 Å². The van der Waals surface area contributed by atoms with Crippen molar-refractivity contribution >= 4 is 11.6 Å². The van der Waals surface area contributed by atoms with Crippen molar-refractivity contribution in [1.82, 2.24) is 9.80 Å². The minimum absolute atomic E-state index is 0.519. The van der Waals surface area contributed by atoms with Crippen LogP contribution in [-0.2, 0) is 4.74 Å². The number of methoxy groups -OCH3 is 1. The van der Waals surface area contributed by atoms with Crippen molar-refractivity contribution in [3.63, 3.8) is 0 Å². The fraction of sp³-hybridized carbons (Fsp3) is 0.600. The predicted molar refractivity (Wildman–Crippen MR) is 81.2 cm³/mol. The molecule has 0 saturated carbocycles. The summed E-state index contributed by atoms with van der Waals surface area (Å²) in [5.41, 5.74) is 0.816. The lowest BCUT2D eigenvalue weighted by Gasteiger charge is -2.35. The third-order valence-electron chi connectivity index (χ3n) is 3.77. The molecule has 1 aromatic carbocycles. The minimum Gasteiger partial charge on any atom is -0.387 e. The third kappa shape index (κ3) is 4.43. The second-order valence-corrected chi connectivity index (χ2v) is 5.58. The van der Waals surface area contributed by atoms with Crippen LogP contribution in [0.2, 0.25) is 5.02 Å². The Labute approximate surface area is 125 Å². The highest BCUT2D eigenvalue weighted by Crippen LogP contribution is 2.23. The number of benzene rings is 1. The zero-order valence-electron chi connectivity index (χ0n) is 12.0. The van der Waals surface area contributed by atoms with Gasteiger partial charge in [-0.3, -0.25) is 9.80 Å². The Morgan fingerprint density at radius 3 is 2.50 bits per heavy atom. The summed E-state index contributed by atoms with van der Waals surface area (Å²) >= 11 is 6.12. The summed E-state index contributed by atoms with van der Waals surface area (Å²) in [5, 5.41) is 10.9. The fourth-order valence-electron chi connectivity index (χ4n) is 2.50. The summed E-state index contributed by atoms with van der Waals surface area (Å²) in [4.78, 5) is 4.68. The molecule has 0 bridgehead atoms. The molecule has 0 spiro atoms. The van der Waals surface area contributed by atoms with Gasteiger partial charge in [0.1, 0.15) is 0 Å². The molecule has 1 aliphatic heterocycles. The van der Waals surface area contributed by atoms with Gasteiger partial charge in [-0.2, -0.15) is 0 Å². The number of aliphatic hydroxyl groups is 1. The molecule has 0 radical (unpaired) electrons. The molecule has 0 aliphatic carbocycles. The first-order valence-corrected chi connectivity index (χ1v) is 7.44. The highest BCUT2D eigenvalue weighted by Gasteiger charge is 2.20. The lowest BCUT2D eigenvalue weighted by molar-refractivity contribution is 0.0612. The average molecular weight is 299 g/mol. The molecule has 0 unspecified atom stereocenters. The molecule has 1 heterocycles. The second kappa shape index (κ2) is 7.96. The Bertz CT molecular complexity index is 409. The first kappa shape index (κ1) is 15.7. The van der Waals surface area contributed by atoms with Crippen molar-refractivity contribution < 1.29 is 9.84 Å². The second-order valence-electron chi connectivity index (χ2n) is 5.17. The summed E-state index contributed by atoms with van der Waals surface area (Å²) in [6, 6.07) is 7.50. The molecule has 1 aliphatic rings. The van der Waals surface area contributed by atoms with Gasteiger partial charge >= 0.3 is 0 Å². The number of piperazine rings is 1. The normalized spacial score (nSPS) is 19.1. The number of hydrogen-bond donors (Lipinski definition) is 1. The largest absolute Gasteiger partial charge is 0.387 e. The van der Waals surface area contributed by atoms with Gasteiger partial charge in [0.2, 0.25) is 0 Å². The quantitative estimate of drug-likeness (QED) is 0.866. The summed E-state index contributed by atoms with van der Waals surface area (Å²) in [7, 11) is 1.73. The minimum atomic E-state index is -0.519. The third-order valence-corrected chi connectivity index (χ3v) is 4.12. The van der Waals surface area contributed by atoms with Crippen LogP contribution in [-0.4, -0.2) is 67.9 Å². The van der Waals surface area contributed by atoms with Crippen molar-refractivity contribution in [2.24, 2.45) is 0 Å². The van der Waals surface area contributed by atoms with Crippen LogP contribution in [0.5, 0.6) is 0 Å². The molecule has 1 atom stereocenters. The molecular formula is C15H23ClN2O2. The molecule has 1 saturated heterocycles. The van der Waals surface area contributed by atoms with Gasteiger partial charge < -0.3 is 9.84 Å². The van der Waals surface area contributed by atoms with Crippen molar-refractivity contribution in [1.29, 1.82) is 0 Å². The average Bonchev–Trinajstić information content (AvgIpc) is 2.47. The van der Waals surface area contributed by atoms with Crippen molar-refractivity contribution in [3.8, 4) is 0 Å². The molecule has 4 nitrogen and oxygen atoms in total. The Morgan fingerprint density at radius 1 is 1.20 bits per heavy atom. The van der Waals surface area contributed by atoms with Gasteiger partial charge in [-0.05, 0) is 6.07 Å². The molecule has 20 heavy (non-hydrogen) atoms. The Hall–Kier alpha value is -0.650. The van der Waals surface area contributed by atoms with Crippen LogP contribution in [0.15, 0.2) is 24.3 Å². The van der Waals surface area contributed by atoms with Gasteiger partial charge in [-0.25, -0.2) is 0 Å². The number of β-amino-alcohol motifs (C(OH)–C–C–N with tert-alkyl or cyclic N) is 1. The number of halogens is 1. The van der Waals surface area contributed by atoms with Gasteiger partial charge in [-0.1, -0.05) is 29.8 Å². The fourth-order valence-corrected chi connectivity index (χ4v) is 2.77. The Kier molecular flexibility index (Phi) is 6.26. The van der Waals surface area contributed by atoms with E-state index < -0.39 is 6.10 Å². The van der Waals surface area contributed by atoms with E-state index in [1.54, 1.807) is 7.11 Å². The first-order valence-electron chi connectivity index (χ1n) is 7.07. The first-order chi connectivity index (χ1) is 9.70. The summed E-state index contributed by atoms with van der Waals surface area (Å²) in [6.45, 7) is 6.41. The van der Waals surface area contributed by atoms with Gasteiger partial charge in [-0.15, -0.1) is 0 Å². The van der Waals surface area contributed by atoms with Crippen LogP contribution >= 0.6 is 11.6 Å². The molecule has 1 fully saturated rings. The zero-order valence-corrected chi connectivity index (χ0v) is 12.7. The van der Waals surface area contributed by atoms with Crippen LogP contribution in [0.4, 0.5) is 0 Å². The maximum Gasteiger partial charge on any atom is 0.0931 e. The lowest BCUT2D eigenvalue weighted by Crippen LogP contribution is -2.48.